The van der Waals surface area contributed by atoms with E-state index in [-0.39, 0.29) is 0 Å². The molecular formula is C12H11BrN4. The first kappa shape index (κ1) is 11.7. The summed E-state index contributed by atoms with van der Waals surface area (Å²) >= 11 is 3.36. The van der Waals surface area contributed by atoms with E-state index in [2.05, 4.69) is 32.4 Å². The number of halogens is 1. The molecule has 5 heteroatoms. The Labute approximate surface area is 108 Å². The number of aromatic nitrogens is 2. The molecule has 0 fully saturated rings. The fourth-order valence-corrected chi connectivity index (χ4v) is 1.98. The van der Waals surface area contributed by atoms with E-state index < -0.39 is 0 Å². The molecule has 1 aromatic carbocycles. The van der Waals surface area contributed by atoms with E-state index in [1.165, 1.54) is 0 Å². The first-order valence-electron chi connectivity index (χ1n) is 5.21. The van der Waals surface area contributed by atoms with Crippen molar-refractivity contribution in [3.8, 4) is 6.07 Å². The van der Waals surface area contributed by atoms with Gasteiger partial charge in [0.1, 0.15) is 6.07 Å². The van der Waals surface area contributed by atoms with Crippen LogP contribution in [0.4, 0.5) is 5.69 Å². The van der Waals surface area contributed by atoms with Crippen LogP contribution in [0.5, 0.6) is 0 Å². The van der Waals surface area contributed by atoms with Crippen LogP contribution in [0.15, 0.2) is 41.1 Å². The molecule has 0 atom stereocenters. The molecule has 0 bridgehead atoms. The molecular weight excluding hydrogens is 280 g/mol. The predicted octanol–water partition coefficient (Wildman–Crippen LogP) is 2.63. The third kappa shape index (κ3) is 2.86. The minimum Gasteiger partial charge on any atom is -0.382 e. The van der Waals surface area contributed by atoms with Crippen LogP contribution in [0.25, 0.3) is 0 Å². The van der Waals surface area contributed by atoms with Crippen LogP contribution in [0.3, 0.4) is 0 Å². The van der Waals surface area contributed by atoms with Gasteiger partial charge in [-0.15, -0.1) is 0 Å². The van der Waals surface area contributed by atoms with Crippen molar-refractivity contribution in [2.75, 3.05) is 11.9 Å². The van der Waals surface area contributed by atoms with Crippen LogP contribution in [0.2, 0.25) is 0 Å². The maximum atomic E-state index is 9.05. The number of anilines is 1. The SMILES string of the molecule is N#Cc1c(Br)cccc1NCCn1cccn1. The van der Waals surface area contributed by atoms with Gasteiger partial charge in [-0.25, -0.2) is 0 Å². The molecule has 1 heterocycles. The van der Waals surface area contributed by atoms with Crippen LogP contribution >= 0.6 is 15.9 Å². The molecule has 4 nitrogen and oxygen atoms in total. The number of hydrogen-bond acceptors (Lipinski definition) is 3. The molecule has 0 aliphatic carbocycles. The Kier molecular flexibility index (Phi) is 3.78. The molecule has 0 unspecified atom stereocenters. The molecule has 0 aliphatic rings. The second-order valence-electron chi connectivity index (χ2n) is 3.47. The highest BCUT2D eigenvalue weighted by molar-refractivity contribution is 9.10. The van der Waals surface area contributed by atoms with Gasteiger partial charge in [0.15, 0.2) is 0 Å². The Balaban J connectivity index is 2.00. The van der Waals surface area contributed by atoms with Crippen molar-refractivity contribution in [2.24, 2.45) is 0 Å². The molecule has 0 spiro atoms. The molecule has 0 saturated carbocycles. The van der Waals surface area contributed by atoms with Crippen LogP contribution in [-0.4, -0.2) is 16.3 Å². The summed E-state index contributed by atoms with van der Waals surface area (Å²) in [6, 6.07) is 9.72. The summed E-state index contributed by atoms with van der Waals surface area (Å²) in [5.41, 5.74) is 1.47. The standard InChI is InChI=1S/C12H11BrN4/c13-11-3-1-4-12(10(11)9-14)15-6-8-17-7-2-5-16-17/h1-5,7,15H,6,8H2. The van der Waals surface area contributed by atoms with Crippen LogP contribution in [0.1, 0.15) is 5.56 Å². The average molecular weight is 291 g/mol. The highest BCUT2D eigenvalue weighted by Crippen LogP contribution is 2.23. The smallest absolute Gasteiger partial charge is 0.103 e. The van der Waals surface area contributed by atoms with Crippen molar-refractivity contribution in [3.05, 3.63) is 46.7 Å². The molecule has 0 saturated heterocycles. The Bertz CT molecular complexity index is 528. The number of nitrogens with one attached hydrogen (secondary N) is 1. The Morgan fingerprint density at radius 2 is 2.29 bits per heavy atom. The lowest BCUT2D eigenvalue weighted by atomic mass is 10.2. The summed E-state index contributed by atoms with van der Waals surface area (Å²) in [6.07, 6.45) is 3.66. The molecule has 2 aromatic rings. The zero-order valence-electron chi connectivity index (χ0n) is 9.10. The van der Waals surface area contributed by atoms with E-state index in [9.17, 15) is 0 Å². The number of benzene rings is 1. The van der Waals surface area contributed by atoms with Crippen LogP contribution in [-0.2, 0) is 6.54 Å². The Morgan fingerprint density at radius 1 is 1.41 bits per heavy atom. The molecule has 0 amide bonds. The highest BCUT2D eigenvalue weighted by atomic mass is 79.9. The Morgan fingerprint density at radius 3 is 3.00 bits per heavy atom. The van der Waals surface area contributed by atoms with Crippen molar-refractivity contribution in [1.29, 1.82) is 5.26 Å². The summed E-state index contributed by atoms with van der Waals surface area (Å²) in [4.78, 5) is 0. The summed E-state index contributed by atoms with van der Waals surface area (Å²) in [7, 11) is 0. The van der Waals surface area contributed by atoms with Crippen molar-refractivity contribution >= 4 is 21.6 Å². The first-order chi connectivity index (χ1) is 8.31. The maximum absolute atomic E-state index is 9.05. The van der Waals surface area contributed by atoms with E-state index in [1.807, 2.05) is 35.1 Å². The lowest BCUT2D eigenvalue weighted by Crippen LogP contribution is -2.11. The highest BCUT2D eigenvalue weighted by Gasteiger charge is 2.04. The van der Waals surface area contributed by atoms with E-state index in [1.54, 1.807) is 6.20 Å². The molecule has 0 aliphatic heterocycles. The zero-order chi connectivity index (χ0) is 12.1. The van der Waals surface area contributed by atoms with Crippen molar-refractivity contribution in [3.63, 3.8) is 0 Å². The average Bonchev–Trinajstić information content (AvgIpc) is 2.82. The van der Waals surface area contributed by atoms with E-state index >= 15 is 0 Å². The molecule has 2 rings (SSSR count). The van der Waals surface area contributed by atoms with Gasteiger partial charge >= 0.3 is 0 Å². The third-order valence-corrected chi connectivity index (χ3v) is 3.00. The lowest BCUT2D eigenvalue weighted by molar-refractivity contribution is 0.638. The zero-order valence-corrected chi connectivity index (χ0v) is 10.7. The largest absolute Gasteiger partial charge is 0.382 e. The van der Waals surface area contributed by atoms with Gasteiger partial charge in [-0.3, -0.25) is 4.68 Å². The van der Waals surface area contributed by atoms with E-state index in [0.717, 1.165) is 23.2 Å². The maximum Gasteiger partial charge on any atom is 0.103 e. The molecule has 86 valence electrons. The lowest BCUT2D eigenvalue weighted by Gasteiger charge is -2.09. The van der Waals surface area contributed by atoms with Gasteiger partial charge in [0.05, 0.1) is 17.8 Å². The number of nitrogens with zero attached hydrogens (tertiary/aromatic N) is 3. The monoisotopic (exact) mass is 290 g/mol. The molecule has 17 heavy (non-hydrogen) atoms. The predicted molar refractivity (Wildman–Crippen MR) is 69.6 cm³/mol. The van der Waals surface area contributed by atoms with Gasteiger partial charge in [0.25, 0.3) is 0 Å². The second-order valence-corrected chi connectivity index (χ2v) is 4.32. The topological polar surface area (TPSA) is 53.6 Å². The van der Waals surface area contributed by atoms with E-state index in [4.69, 9.17) is 5.26 Å². The van der Waals surface area contributed by atoms with Crippen molar-refractivity contribution in [1.82, 2.24) is 9.78 Å². The van der Waals surface area contributed by atoms with Gasteiger partial charge in [0, 0.05) is 23.4 Å². The first-order valence-corrected chi connectivity index (χ1v) is 6.00. The fourth-order valence-electron chi connectivity index (χ4n) is 1.52. The normalized spacial score (nSPS) is 9.88. The van der Waals surface area contributed by atoms with Crippen molar-refractivity contribution in [2.45, 2.75) is 6.54 Å². The van der Waals surface area contributed by atoms with Crippen molar-refractivity contribution < 1.29 is 0 Å². The number of nitriles is 1. The van der Waals surface area contributed by atoms with Gasteiger partial charge < -0.3 is 5.32 Å². The molecule has 0 radical (unpaired) electrons. The summed E-state index contributed by atoms with van der Waals surface area (Å²) in [6.45, 7) is 1.50. The minimum atomic E-state index is 0.632. The van der Waals surface area contributed by atoms with E-state index in [0.29, 0.717) is 5.56 Å². The third-order valence-electron chi connectivity index (χ3n) is 2.34. The molecule has 1 aromatic heterocycles. The fraction of sp³-hybridized carbons (Fsp3) is 0.167. The van der Waals surface area contributed by atoms with Gasteiger partial charge in [0.2, 0.25) is 0 Å². The summed E-state index contributed by atoms with van der Waals surface area (Å²) in [5, 5.41) is 16.4. The number of hydrogen-bond donors (Lipinski definition) is 1. The Hall–Kier alpha value is -1.80. The van der Waals surface area contributed by atoms with Gasteiger partial charge in [-0.1, -0.05) is 6.07 Å². The quantitative estimate of drug-likeness (QED) is 0.942. The molecule has 1 N–H and O–H groups in total. The summed E-state index contributed by atoms with van der Waals surface area (Å²) < 4.78 is 2.65. The minimum absolute atomic E-state index is 0.632. The second kappa shape index (κ2) is 5.51. The summed E-state index contributed by atoms with van der Waals surface area (Å²) in [5.74, 6) is 0. The number of rotatable bonds is 4. The van der Waals surface area contributed by atoms with Gasteiger partial charge in [-0.2, -0.15) is 10.4 Å². The van der Waals surface area contributed by atoms with Crippen LogP contribution < -0.4 is 5.32 Å². The van der Waals surface area contributed by atoms with Crippen LogP contribution in [0, 0.1) is 11.3 Å². The van der Waals surface area contributed by atoms with Gasteiger partial charge in [-0.05, 0) is 34.1 Å².